The van der Waals surface area contributed by atoms with Crippen LogP contribution in [-0.2, 0) is 27.7 Å². The van der Waals surface area contributed by atoms with Crippen molar-refractivity contribution in [3.8, 4) is 11.5 Å². The van der Waals surface area contributed by atoms with Gasteiger partial charge in [-0.15, -0.1) is 0 Å². The van der Waals surface area contributed by atoms with Gasteiger partial charge in [-0.2, -0.15) is 4.31 Å². The molecule has 0 spiro atoms. The van der Waals surface area contributed by atoms with Crippen LogP contribution in [0.25, 0.3) is 0 Å². The molecule has 0 saturated carbocycles. The molecule has 1 heterocycles. The molecule has 0 bridgehead atoms. The van der Waals surface area contributed by atoms with E-state index in [2.05, 4.69) is 6.08 Å². The van der Waals surface area contributed by atoms with E-state index < -0.39 is 15.8 Å². The first-order valence-corrected chi connectivity index (χ1v) is 12.4. The summed E-state index contributed by atoms with van der Waals surface area (Å²) in [6.07, 6.45) is 9.11. The van der Waals surface area contributed by atoms with Crippen molar-refractivity contribution in [1.29, 1.82) is 0 Å². The standard InChI is InChI=1S/C24H35NO5S/c1-5-6-7-11-19-14-22(27)21(13-12-18(4)10-8-9-17(2)3)23(28)24(19)31(29,30)25-15-20(26)16-25/h9,12,14,27-28H,5-8,10-11,13,15-16H2,1-4H3. The number of hydrogen-bond donors (Lipinski definition) is 2. The molecule has 0 radical (unpaired) electrons. The van der Waals surface area contributed by atoms with E-state index in [0.29, 0.717) is 12.0 Å². The molecule has 0 aromatic heterocycles. The summed E-state index contributed by atoms with van der Waals surface area (Å²) in [6.45, 7) is 7.78. The van der Waals surface area contributed by atoms with Crippen molar-refractivity contribution in [2.24, 2.45) is 0 Å². The van der Waals surface area contributed by atoms with Crippen LogP contribution >= 0.6 is 0 Å². The fourth-order valence-corrected chi connectivity index (χ4v) is 5.33. The van der Waals surface area contributed by atoms with Gasteiger partial charge in [-0.25, -0.2) is 8.42 Å². The van der Waals surface area contributed by atoms with E-state index in [1.807, 2.05) is 33.8 Å². The molecule has 2 N–H and O–H groups in total. The number of carbonyl (C=O) groups excluding carboxylic acids is 1. The average Bonchev–Trinajstić information content (AvgIpc) is 2.64. The minimum absolute atomic E-state index is 0.101. The van der Waals surface area contributed by atoms with Crippen LogP contribution in [0.3, 0.4) is 0 Å². The zero-order valence-corrected chi connectivity index (χ0v) is 19.9. The van der Waals surface area contributed by atoms with Gasteiger partial charge in [0.15, 0.2) is 5.78 Å². The second kappa shape index (κ2) is 11.0. The lowest BCUT2D eigenvalue weighted by molar-refractivity contribution is -0.125. The summed E-state index contributed by atoms with van der Waals surface area (Å²) >= 11 is 0. The van der Waals surface area contributed by atoms with Crippen LogP contribution in [0, 0.1) is 0 Å². The number of Topliss-reactive ketones (excluding diaryl/α,β-unsaturated/α-hetero) is 1. The minimum atomic E-state index is -4.01. The maximum atomic E-state index is 13.2. The Morgan fingerprint density at radius 2 is 1.81 bits per heavy atom. The second-order valence-electron chi connectivity index (χ2n) is 8.55. The average molecular weight is 450 g/mol. The van der Waals surface area contributed by atoms with E-state index in [1.165, 1.54) is 11.6 Å². The van der Waals surface area contributed by atoms with E-state index in [1.54, 1.807) is 0 Å². The van der Waals surface area contributed by atoms with Crippen molar-refractivity contribution in [2.45, 2.75) is 77.5 Å². The number of sulfonamides is 1. The van der Waals surface area contributed by atoms with Crippen LogP contribution in [0.1, 0.15) is 70.9 Å². The van der Waals surface area contributed by atoms with Crippen molar-refractivity contribution < 1.29 is 23.4 Å². The number of nitrogens with zero attached hydrogens (tertiary/aromatic N) is 1. The largest absolute Gasteiger partial charge is 0.508 e. The number of phenolic OH excluding ortho intramolecular Hbond substituents is 2. The molecule has 7 heteroatoms. The molecular formula is C24H35NO5S. The Balaban J connectivity index is 2.39. The van der Waals surface area contributed by atoms with Crippen LogP contribution in [0.2, 0.25) is 0 Å². The first-order chi connectivity index (χ1) is 14.6. The van der Waals surface area contributed by atoms with Crippen LogP contribution in [0.5, 0.6) is 11.5 Å². The quantitative estimate of drug-likeness (QED) is 0.379. The molecule has 1 aromatic rings. The molecule has 31 heavy (non-hydrogen) atoms. The van der Waals surface area contributed by atoms with Crippen molar-refractivity contribution >= 4 is 15.8 Å². The number of carbonyl (C=O) groups is 1. The summed E-state index contributed by atoms with van der Waals surface area (Å²) in [6, 6.07) is 1.46. The fourth-order valence-electron chi connectivity index (χ4n) is 3.58. The van der Waals surface area contributed by atoms with Crippen LogP contribution in [-0.4, -0.2) is 41.8 Å². The maximum Gasteiger partial charge on any atom is 0.247 e. The van der Waals surface area contributed by atoms with Gasteiger partial charge in [-0.05, 0) is 64.5 Å². The number of phenols is 2. The topological polar surface area (TPSA) is 94.9 Å². The third-order valence-corrected chi connectivity index (χ3v) is 7.42. The van der Waals surface area contributed by atoms with Crippen molar-refractivity contribution in [3.63, 3.8) is 0 Å². The summed E-state index contributed by atoms with van der Waals surface area (Å²) in [5.41, 5.74) is 2.95. The lowest BCUT2D eigenvalue weighted by Crippen LogP contribution is -2.50. The SMILES string of the molecule is CCCCCc1cc(O)c(CC=C(C)CCC=C(C)C)c(O)c1S(=O)(=O)N1CC(=O)C1. The number of allylic oxidation sites excluding steroid dienone is 4. The minimum Gasteiger partial charge on any atom is -0.508 e. The van der Waals surface area contributed by atoms with Gasteiger partial charge in [0, 0.05) is 5.56 Å². The third-order valence-electron chi connectivity index (χ3n) is 5.51. The Kier molecular flexibility index (Phi) is 8.89. The van der Waals surface area contributed by atoms with E-state index in [4.69, 9.17) is 0 Å². The number of benzene rings is 1. The highest BCUT2D eigenvalue weighted by molar-refractivity contribution is 7.89. The summed E-state index contributed by atoms with van der Waals surface area (Å²) in [7, 11) is -4.01. The molecule has 6 nitrogen and oxygen atoms in total. The van der Waals surface area contributed by atoms with Gasteiger partial charge in [0.1, 0.15) is 16.4 Å². The van der Waals surface area contributed by atoms with Crippen molar-refractivity contribution in [1.82, 2.24) is 4.31 Å². The summed E-state index contributed by atoms with van der Waals surface area (Å²) in [4.78, 5) is 11.2. The Morgan fingerprint density at radius 1 is 1.13 bits per heavy atom. The molecule has 1 aromatic carbocycles. The third kappa shape index (κ3) is 6.43. The molecule has 0 amide bonds. The number of hydrogen-bond acceptors (Lipinski definition) is 5. The normalized spacial score (nSPS) is 15.1. The summed E-state index contributed by atoms with van der Waals surface area (Å²) < 4.78 is 27.4. The van der Waals surface area contributed by atoms with Crippen LogP contribution in [0.4, 0.5) is 0 Å². The van der Waals surface area contributed by atoms with Crippen molar-refractivity contribution in [2.75, 3.05) is 13.1 Å². The zero-order valence-electron chi connectivity index (χ0n) is 19.1. The molecule has 172 valence electrons. The summed E-state index contributed by atoms with van der Waals surface area (Å²) in [5.74, 6) is -0.653. The number of rotatable bonds is 11. The number of unbranched alkanes of at least 4 members (excludes halogenated alkanes) is 2. The molecule has 0 atom stereocenters. The fraction of sp³-hybridized carbons (Fsp3) is 0.542. The number of aryl methyl sites for hydroxylation is 1. The lowest BCUT2D eigenvalue weighted by atomic mass is 10.00. The molecule has 0 unspecified atom stereocenters. The van der Waals surface area contributed by atoms with E-state index in [-0.39, 0.29) is 41.5 Å². The summed E-state index contributed by atoms with van der Waals surface area (Å²) in [5, 5.41) is 21.5. The predicted molar refractivity (Wildman–Crippen MR) is 123 cm³/mol. The second-order valence-corrected chi connectivity index (χ2v) is 10.4. The Hall–Kier alpha value is -2.12. The van der Waals surface area contributed by atoms with Gasteiger partial charge in [0.2, 0.25) is 10.0 Å². The zero-order chi connectivity index (χ0) is 23.2. The van der Waals surface area contributed by atoms with E-state index in [0.717, 1.165) is 42.0 Å². The molecule has 1 fully saturated rings. The van der Waals surface area contributed by atoms with Gasteiger partial charge in [-0.1, -0.05) is 43.1 Å². The highest BCUT2D eigenvalue weighted by Crippen LogP contribution is 2.40. The maximum absolute atomic E-state index is 13.2. The highest BCUT2D eigenvalue weighted by atomic mass is 32.2. The van der Waals surface area contributed by atoms with E-state index >= 15 is 0 Å². The lowest BCUT2D eigenvalue weighted by Gasteiger charge is -2.30. The van der Waals surface area contributed by atoms with Gasteiger partial charge in [0.25, 0.3) is 0 Å². The van der Waals surface area contributed by atoms with Gasteiger partial charge in [0.05, 0.1) is 13.1 Å². The Labute approximate surface area is 186 Å². The molecule has 1 saturated heterocycles. The first-order valence-electron chi connectivity index (χ1n) is 10.9. The van der Waals surface area contributed by atoms with E-state index in [9.17, 15) is 23.4 Å². The van der Waals surface area contributed by atoms with Gasteiger partial charge in [-0.3, -0.25) is 4.79 Å². The monoisotopic (exact) mass is 449 g/mol. The predicted octanol–water partition coefficient (Wildman–Crippen LogP) is 4.64. The van der Waals surface area contributed by atoms with Gasteiger partial charge >= 0.3 is 0 Å². The molecule has 1 aliphatic rings. The van der Waals surface area contributed by atoms with Crippen LogP contribution < -0.4 is 0 Å². The van der Waals surface area contributed by atoms with Crippen LogP contribution in [0.15, 0.2) is 34.3 Å². The number of ketones is 1. The molecular weight excluding hydrogens is 414 g/mol. The molecule has 2 rings (SSSR count). The van der Waals surface area contributed by atoms with Gasteiger partial charge < -0.3 is 10.2 Å². The molecule has 0 aliphatic carbocycles. The van der Waals surface area contributed by atoms with Crippen molar-refractivity contribution in [3.05, 3.63) is 40.5 Å². The highest BCUT2D eigenvalue weighted by Gasteiger charge is 2.39. The Bertz CT molecular complexity index is 964. The number of aromatic hydroxyl groups is 2. The smallest absolute Gasteiger partial charge is 0.247 e. The first kappa shape index (κ1) is 25.1. The Morgan fingerprint density at radius 3 is 2.39 bits per heavy atom. The molecule has 1 aliphatic heterocycles.